The van der Waals surface area contributed by atoms with Crippen LogP contribution < -0.4 is 9.46 Å². The van der Waals surface area contributed by atoms with Crippen molar-refractivity contribution in [2.45, 2.75) is 4.90 Å². The van der Waals surface area contributed by atoms with Crippen LogP contribution in [0.25, 0.3) is 11.1 Å². The standard InChI is InChI=1S/C19H15BrClNO2S/c1-24-18-8-7-13(12-5-3-2-4-6-12)9-17(18)22-25-14-10-15(20)19(23)16(21)11-14/h2-11,22-23H,1H3. The maximum absolute atomic E-state index is 9.73. The highest BCUT2D eigenvalue weighted by Crippen LogP contribution is 2.38. The first kappa shape index (κ1) is 18.0. The van der Waals surface area contributed by atoms with Crippen LogP contribution in [-0.4, -0.2) is 12.2 Å². The molecule has 0 saturated heterocycles. The van der Waals surface area contributed by atoms with Crippen LogP contribution in [0.3, 0.4) is 0 Å². The molecule has 0 amide bonds. The first-order chi connectivity index (χ1) is 12.1. The third-order valence-electron chi connectivity index (χ3n) is 3.58. The van der Waals surface area contributed by atoms with Gasteiger partial charge in [-0.05, 0) is 63.3 Å². The van der Waals surface area contributed by atoms with E-state index in [2.05, 4.69) is 32.8 Å². The van der Waals surface area contributed by atoms with Gasteiger partial charge in [-0.1, -0.05) is 48.0 Å². The number of phenolic OH excluding ortho intramolecular Hbond substituents is 1. The van der Waals surface area contributed by atoms with Crippen molar-refractivity contribution in [1.82, 2.24) is 0 Å². The van der Waals surface area contributed by atoms with Gasteiger partial charge in [0.1, 0.15) is 11.5 Å². The third kappa shape index (κ3) is 4.24. The molecule has 0 radical (unpaired) electrons. The predicted molar refractivity (Wildman–Crippen MR) is 109 cm³/mol. The summed E-state index contributed by atoms with van der Waals surface area (Å²) in [4.78, 5) is 0.863. The zero-order valence-corrected chi connectivity index (χ0v) is 16.5. The van der Waals surface area contributed by atoms with Crippen molar-refractivity contribution >= 4 is 45.2 Å². The fraction of sp³-hybridized carbons (Fsp3) is 0.0526. The van der Waals surface area contributed by atoms with Crippen molar-refractivity contribution < 1.29 is 9.84 Å². The summed E-state index contributed by atoms with van der Waals surface area (Å²) in [6.07, 6.45) is 0. The number of benzene rings is 3. The second-order valence-electron chi connectivity index (χ2n) is 5.22. The molecule has 3 nitrogen and oxygen atoms in total. The van der Waals surface area contributed by atoms with Crippen molar-refractivity contribution in [3.8, 4) is 22.6 Å². The Morgan fingerprint density at radius 1 is 1.04 bits per heavy atom. The van der Waals surface area contributed by atoms with Gasteiger partial charge in [-0.25, -0.2) is 0 Å². The zero-order chi connectivity index (χ0) is 17.8. The largest absolute Gasteiger partial charge is 0.505 e. The maximum atomic E-state index is 9.73. The van der Waals surface area contributed by atoms with Gasteiger partial charge in [0.15, 0.2) is 0 Å². The molecular formula is C19H15BrClNO2S. The van der Waals surface area contributed by atoms with E-state index in [0.29, 0.717) is 9.50 Å². The molecule has 25 heavy (non-hydrogen) atoms. The first-order valence-corrected chi connectivity index (χ1v) is 9.41. The summed E-state index contributed by atoms with van der Waals surface area (Å²) in [6.45, 7) is 0. The van der Waals surface area contributed by atoms with Crippen LogP contribution in [0.1, 0.15) is 0 Å². The van der Waals surface area contributed by atoms with Crippen molar-refractivity contribution in [2.75, 3.05) is 11.8 Å². The SMILES string of the molecule is COc1ccc(-c2ccccc2)cc1NSc1cc(Cl)c(O)c(Br)c1. The molecule has 0 aromatic heterocycles. The quantitative estimate of drug-likeness (QED) is 0.442. The summed E-state index contributed by atoms with van der Waals surface area (Å²) >= 11 is 10.7. The smallest absolute Gasteiger partial charge is 0.148 e. The Balaban J connectivity index is 1.86. The molecule has 3 aromatic rings. The fourth-order valence-corrected chi connectivity index (χ4v) is 4.06. The second kappa shape index (κ2) is 8.04. The van der Waals surface area contributed by atoms with Crippen molar-refractivity contribution in [2.24, 2.45) is 0 Å². The predicted octanol–water partition coefficient (Wildman–Crippen LogP) is 6.60. The van der Waals surface area contributed by atoms with Crippen molar-refractivity contribution in [3.05, 3.63) is 70.2 Å². The number of hydrogen-bond donors (Lipinski definition) is 2. The number of methoxy groups -OCH3 is 1. The summed E-state index contributed by atoms with van der Waals surface area (Å²) in [5.74, 6) is 0.783. The van der Waals surface area contributed by atoms with Gasteiger partial charge in [0.2, 0.25) is 0 Å². The molecule has 6 heteroatoms. The van der Waals surface area contributed by atoms with E-state index in [1.807, 2.05) is 36.4 Å². The number of hydrogen-bond acceptors (Lipinski definition) is 4. The van der Waals surface area contributed by atoms with Gasteiger partial charge < -0.3 is 14.6 Å². The molecule has 0 fully saturated rings. The van der Waals surface area contributed by atoms with E-state index < -0.39 is 0 Å². The highest BCUT2D eigenvalue weighted by atomic mass is 79.9. The lowest BCUT2D eigenvalue weighted by Gasteiger charge is -2.13. The molecule has 2 N–H and O–H groups in total. The Labute approximate surface area is 164 Å². The lowest BCUT2D eigenvalue weighted by Crippen LogP contribution is -1.93. The van der Waals surface area contributed by atoms with Crippen LogP contribution in [0, 0.1) is 0 Å². The van der Waals surface area contributed by atoms with E-state index in [-0.39, 0.29) is 5.75 Å². The van der Waals surface area contributed by atoms with E-state index in [4.69, 9.17) is 16.3 Å². The lowest BCUT2D eigenvalue weighted by molar-refractivity contribution is 0.417. The minimum Gasteiger partial charge on any atom is -0.505 e. The van der Waals surface area contributed by atoms with E-state index >= 15 is 0 Å². The number of nitrogens with one attached hydrogen (secondary N) is 1. The molecule has 3 aromatic carbocycles. The van der Waals surface area contributed by atoms with E-state index in [1.165, 1.54) is 11.9 Å². The summed E-state index contributed by atoms with van der Waals surface area (Å²) in [5, 5.41) is 10.0. The van der Waals surface area contributed by atoms with Crippen LogP contribution in [0.5, 0.6) is 11.5 Å². The van der Waals surface area contributed by atoms with Crippen LogP contribution in [0.15, 0.2) is 70.0 Å². The van der Waals surface area contributed by atoms with Gasteiger partial charge in [0.05, 0.1) is 22.3 Å². The Kier molecular flexibility index (Phi) is 5.78. The van der Waals surface area contributed by atoms with Crippen molar-refractivity contribution in [1.29, 1.82) is 0 Å². The number of ether oxygens (including phenoxy) is 1. The van der Waals surface area contributed by atoms with Gasteiger partial charge in [-0.3, -0.25) is 0 Å². The van der Waals surface area contributed by atoms with Gasteiger partial charge in [0, 0.05) is 4.90 Å². The summed E-state index contributed by atoms with van der Waals surface area (Å²) < 4.78 is 9.29. The fourth-order valence-electron chi connectivity index (χ4n) is 2.31. The van der Waals surface area contributed by atoms with Gasteiger partial charge in [-0.15, -0.1) is 0 Å². The Morgan fingerprint density at radius 2 is 1.80 bits per heavy atom. The molecule has 0 spiro atoms. The molecular weight excluding hydrogens is 422 g/mol. The van der Waals surface area contributed by atoms with Crippen LogP contribution >= 0.6 is 39.5 Å². The average molecular weight is 437 g/mol. The van der Waals surface area contributed by atoms with Gasteiger partial charge in [0.25, 0.3) is 0 Å². The number of halogens is 2. The van der Waals surface area contributed by atoms with E-state index in [1.54, 1.807) is 19.2 Å². The lowest BCUT2D eigenvalue weighted by atomic mass is 10.1. The summed E-state index contributed by atoms with van der Waals surface area (Å²) in [7, 11) is 1.64. The number of anilines is 1. The van der Waals surface area contributed by atoms with E-state index in [9.17, 15) is 5.11 Å². The Morgan fingerprint density at radius 3 is 2.48 bits per heavy atom. The average Bonchev–Trinajstić information content (AvgIpc) is 2.64. The Bertz CT molecular complexity index is 867. The number of aromatic hydroxyl groups is 1. The zero-order valence-electron chi connectivity index (χ0n) is 13.3. The van der Waals surface area contributed by atoms with E-state index in [0.717, 1.165) is 27.5 Å². The summed E-state index contributed by atoms with van der Waals surface area (Å²) in [5.41, 5.74) is 3.08. The highest BCUT2D eigenvalue weighted by Gasteiger charge is 2.09. The summed E-state index contributed by atoms with van der Waals surface area (Å²) in [6, 6.07) is 19.6. The normalized spacial score (nSPS) is 10.5. The third-order valence-corrected chi connectivity index (χ3v) is 5.26. The minimum atomic E-state index is 0.0367. The van der Waals surface area contributed by atoms with Crippen LogP contribution in [-0.2, 0) is 0 Å². The highest BCUT2D eigenvalue weighted by molar-refractivity contribution is 9.10. The molecule has 0 aliphatic carbocycles. The van der Waals surface area contributed by atoms with Crippen LogP contribution in [0.4, 0.5) is 5.69 Å². The molecule has 3 rings (SSSR count). The van der Waals surface area contributed by atoms with Crippen molar-refractivity contribution in [3.63, 3.8) is 0 Å². The topological polar surface area (TPSA) is 41.5 Å². The molecule has 0 aliphatic heterocycles. The molecule has 0 heterocycles. The minimum absolute atomic E-state index is 0.0367. The van der Waals surface area contributed by atoms with Crippen LogP contribution in [0.2, 0.25) is 5.02 Å². The molecule has 0 bridgehead atoms. The maximum Gasteiger partial charge on any atom is 0.148 e. The Hall–Kier alpha value is -1.82. The van der Waals surface area contributed by atoms with Gasteiger partial charge in [-0.2, -0.15) is 0 Å². The number of rotatable bonds is 5. The molecule has 128 valence electrons. The number of phenols is 1. The molecule has 0 aliphatic rings. The molecule has 0 atom stereocenters. The second-order valence-corrected chi connectivity index (χ2v) is 7.36. The monoisotopic (exact) mass is 435 g/mol. The van der Waals surface area contributed by atoms with Gasteiger partial charge >= 0.3 is 0 Å². The first-order valence-electron chi connectivity index (χ1n) is 7.43. The molecule has 0 saturated carbocycles. The molecule has 0 unspecified atom stereocenters.